The van der Waals surface area contributed by atoms with Crippen molar-refractivity contribution in [3.05, 3.63) is 168 Å². The fraction of sp³-hybridized carbons (Fsp3) is 0.0638. The summed E-state index contributed by atoms with van der Waals surface area (Å²) < 4.78 is 4.65. The summed E-state index contributed by atoms with van der Waals surface area (Å²) in [5.41, 5.74) is 14.4. The highest BCUT2D eigenvalue weighted by molar-refractivity contribution is 6.10. The maximum Gasteiger partial charge on any atom is 0.0491 e. The Bertz CT molecular complexity index is 2600. The number of hydrogen-bond acceptors (Lipinski definition) is 0. The van der Waals surface area contributed by atoms with E-state index in [1.54, 1.807) is 0 Å². The molecule has 0 fully saturated rings. The molecule has 6 aromatic carbocycles. The molecule has 8 rings (SSSR count). The molecule has 0 aliphatic carbocycles. The van der Waals surface area contributed by atoms with Gasteiger partial charge in [-0.25, -0.2) is 0 Å². The van der Waals surface area contributed by atoms with E-state index in [2.05, 4.69) is 182 Å². The van der Waals surface area contributed by atoms with Gasteiger partial charge in [0.1, 0.15) is 0 Å². The van der Waals surface area contributed by atoms with Crippen molar-refractivity contribution >= 4 is 80.1 Å². The molecule has 2 nitrogen and oxygen atoms in total. The summed E-state index contributed by atoms with van der Waals surface area (Å²) in [4.78, 5) is 0. The third kappa shape index (κ3) is 5.52. The SMILES string of the molecule is C=Cc1ccc2c(c1)c1cc(/C=C/c3ccc(-c4ccc(/C=C/c5ccc6c(c5)c5cc(C=C)ccc5n6CC)cc4)cc3)ccc1n2C. The zero-order valence-electron chi connectivity index (χ0n) is 28.0. The maximum absolute atomic E-state index is 3.97. The van der Waals surface area contributed by atoms with Gasteiger partial charge in [-0.2, -0.15) is 0 Å². The molecule has 0 aliphatic rings. The van der Waals surface area contributed by atoms with Gasteiger partial charge >= 0.3 is 0 Å². The average Bonchev–Trinajstić information content (AvgIpc) is 3.62. The van der Waals surface area contributed by atoms with Gasteiger partial charge in [0.15, 0.2) is 0 Å². The molecule has 2 heteroatoms. The zero-order valence-corrected chi connectivity index (χ0v) is 28.0. The highest BCUT2D eigenvalue weighted by atomic mass is 15.0. The molecule has 49 heavy (non-hydrogen) atoms. The third-order valence-corrected chi connectivity index (χ3v) is 9.85. The number of fused-ring (bicyclic) bond motifs is 6. The minimum atomic E-state index is 0.940. The number of rotatable bonds is 8. The van der Waals surface area contributed by atoms with E-state index in [0.717, 1.165) is 17.7 Å². The molecule has 0 unspecified atom stereocenters. The molecule has 0 aliphatic heterocycles. The van der Waals surface area contributed by atoms with E-state index in [9.17, 15) is 0 Å². The minimum Gasteiger partial charge on any atom is -0.344 e. The Morgan fingerprint density at radius 3 is 1.16 bits per heavy atom. The van der Waals surface area contributed by atoms with Gasteiger partial charge in [0, 0.05) is 57.2 Å². The van der Waals surface area contributed by atoms with Crippen LogP contribution in [0.2, 0.25) is 0 Å². The molecule has 8 aromatic rings. The van der Waals surface area contributed by atoms with E-state index in [1.807, 2.05) is 12.2 Å². The van der Waals surface area contributed by atoms with Crippen molar-refractivity contribution in [3.8, 4) is 11.1 Å². The Morgan fingerprint density at radius 2 is 0.755 bits per heavy atom. The summed E-state index contributed by atoms with van der Waals surface area (Å²) in [6.07, 6.45) is 12.6. The second kappa shape index (κ2) is 12.5. The number of aromatic nitrogens is 2. The van der Waals surface area contributed by atoms with Crippen LogP contribution in [0.3, 0.4) is 0 Å². The van der Waals surface area contributed by atoms with Crippen LogP contribution in [-0.4, -0.2) is 9.13 Å². The lowest BCUT2D eigenvalue weighted by atomic mass is 10.0. The summed E-state index contributed by atoms with van der Waals surface area (Å²) in [6, 6.07) is 44.2. The van der Waals surface area contributed by atoms with Gasteiger partial charge in [0.2, 0.25) is 0 Å². The predicted molar refractivity (Wildman–Crippen MR) is 215 cm³/mol. The van der Waals surface area contributed by atoms with Crippen molar-refractivity contribution in [1.82, 2.24) is 9.13 Å². The lowest BCUT2D eigenvalue weighted by Gasteiger charge is -2.04. The van der Waals surface area contributed by atoms with Crippen LogP contribution in [0.4, 0.5) is 0 Å². The zero-order chi connectivity index (χ0) is 33.5. The largest absolute Gasteiger partial charge is 0.344 e. The van der Waals surface area contributed by atoms with Crippen LogP contribution in [-0.2, 0) is 13.6 Å². The van der Waals surface area contributed by atoms with Crippen LogP contribution < -0.4 is 0 Å². The molecule has 2 heterocycles. The average molecular weight is 631 g/mol. The summed E-state index contributed by atoms with van der Waals surface area (Å²) in [7, 11) is 2.13. The van der Waals surface area contributed by atoms with Crippen molar-refractivity contribution in [3.63, 3.8) is 0 Å². The third-order valence-electron chi connectivity index (χ3n) is 9.85. The standard InChI is InChI=1S/C47H38N2/c1-5-32-16-24-44-40(28-32)41-30-36(18-25-45(41)48(44)4)10-8-34-12-20-38(21-13-34)39-22-14-35(15-23-39)9-11-37-19-27-47-43(31-37)42-29-33(6-2)17-26-46(42)49(47)7-3/h5-6,8-31H,1-2,7H2,3-4H3/b10-8+,11-9+. The van der Waals surface area contributed by atoms with Gasteiger partial charge < -0.3 is 9.13 Å². The van der Waals surface area contributed by atoms with Crippen molar-refractivity contribution in [2.45, 2.75) is 13.5 Å². The summed E-state index contributed by atoms with van der Waals surface area (Å²) in [5, 5.41) is 5.09. The smallest absolute Gasteiger partial charge is 0.0491 e. The van der Waals surface area contributed by atoms with Crippen LogP contribution in [0.1, 0.15) is 40.3 Å². The summed E-state index contributed by atoms with van der Waals surface area (Å²) in [5.74, 6) is 0. The Balaban J connectivity index is 0.985. The van der Waals surface area contributed by atoms with E-state index in [0.29, 0.717) is 0 Å². The van der Waals surface area contributed by atoms with Gasteiger partial charge in [0.25, 0.3) is 0 Å². The van der Waals surface area contributed by atoms with Gasteiger partial charge in [0.05, 0.1) is 0 Å². The predicted octanol–water partition coefficient (Wildman–Crippen LogP) is 12.8. The highest BCUT2D eigenvalue weighted by Crippen LogP contribution is 2.33. The van der Waals surface area contributed by atoms with E-state index < -0.39 is 0 Å². The van der Waals surface area contributed by atoms with E-state index in [4.69, 9.17) is 0 Å². The van der Waals surface area contributed by atoms with Crippen LogP contribution >= 0.6 is 0 Å². The highest BCUT2D eigenvalue weighted by Gasteiger charge is 2.11. The van der Waals surface area contributed by atoms with E-state index >= 15 is 0 Å². The molecule has 0 atom stereocenters. The van der Waals surface area contributed by atoms with Gasteiger partial charge in [-0.05, 0) is 100.0 Å². The second-order valence-corrected chi connectivity index (χ2v) is 12.7. The number of hydrogen-bond donors (Lipinski definition) is 0. The normalized spacial score (nSPS) is 12.0. The first-order chi connectivity index (χ1) is 24.0. The number of nitrogens with zero attached hydrogens (tertiary/aromatic N) is 2. The topological polar surface area (TPSA) is 9.86 Å². The van der Waals surface area contributed by atoms with Gasteiger partial charge in [-0.15, -0.1) is 0 Å². The van der Waals surface area contributed by atoms with Crippen LogP contribution in [0, 0.1) is 0 Å². The first-order valence-corrected chi connectivity index (χ1v) is 16.9. The molecule has 236 valence electrons. The van der Waals surface area contributed by atoms with Crippen molar-refractivity contribution in [2.75, 3.05) is 0 Å². The fourth-order valence-electron chi connectivity index (χ4n) is 7.15. The summed E-state index contributed by atoms with van der Waals surface area (Å²) in [6.45, 7) is 11.1. The first-order valence-electron chi connectivity index (χ1n) is 16.9. The molecule has 0 saturated carbocycles. The maximum atomic E-state index is 3.97. The minimum absolute atomic E-state index is 0.940. The molecular weight excluding hydrogens is 593 g/mol. The molecule has 0 N–H and O–H groups in total. The monoisotopic (exact) mass is 630 g/mol. The Hall–Kier alpha value is -6.12. The molecular formula is C47H38N2. The van der Waals surface area contributed by atoms with Gasteiger partial charge in [-0.3, -0.25) is 0 Å². The molecule has 0 amide bonds. The lowest BCUT2D eigenvalue weighted by molar-refractivity contribution is 0.827. The number of aryl methyl sites for hydroxylation is 2. The molecule has 0 saturated heterocycles. The first kappa shape index (κ1) is 30.2. The van der Waals surface area contributed by atoms with Crippen molar-refractivity contribution < 1.29 is 0 Å². The second-order valence-electron chi connectivity index (χ2n) is 12.7. The van der Waals surface area contributed by atoms with Crippen LogP contribution in [0.25, 0.3) is 91.2 Å². The van der Waals surface area contributed by atoms with Gasteiger partial charge in [-0.1, -0.05) is 122 Å². The quantitative estimate of drug-likeness (QED) is 0.148. The van der Waals surface area contributed by atoms with Crippen molar-refractivity contribution in [2.24, 2.45) is 7.05 Å². The molecule has 0 spiro atoms. The molecule has 0 bridgehead atoms. The summed E-state index contributed by atoms with van der Waals surface area (Å²) >= 11 is 0. The van der Waals surface area contributed by atoms with E-state index in [1.165, 1.54) is 77.0 Å². The molecule has 2 aromatic heterocycles. The van der Waals surface area contributed by atoms with Crippen LogP contribution in [0.5, 0.6) is 0 Å². The Kier molecular flexibility index (Phi) is 7.70. The Morgan fingerprint density at radius 1 is 0.429 bits per heavy atom. The fourth-order valence-corrected chi connectivity index (χ4v) is 7.15. The molecule has 0 radical (unpaired) electrons. The Labute approximate surface area is 287 Å². The van der Waals surface area contributed by atoms with Crippen molar-refractivity contribution in [1.29, 1.82) is 0 Å². The number of benzene rings is 6. The lowest BCUT2D eigenvalue weighted by Crippen LogP contribution is -1.92. The van der Waals surface area contributed by atoms with E-state index in [-0.39, 0.29) is 0 Å². The van der Waals surface area contributed by atoms with Crippen LogP contribution in [0.15, 0.2) is 134 Å².